The summed E-state index contributed by atoms with van der Waals surface area (Å²) < 4.78 is 33.5. The first-order chi connectivity index (χ1) is 9.58. The van der Waals surface area contributed by atoms with E-state index in [1.165, 1.54) is 0 Å². The molecule has 0 radical (unpaired) electrons. The third kappa shape index (κ3) is 2.37. The molecule has 1 aliphatic carbocycles. The largest absolute Gasteiger partial charge is 0.493 e. The number of rotatable bonds is 4. The van der Waals surface area contributed by atoms with Gasteiger partial charge in [-0.1, -0.05) is 0 Å². The molecule has 1 unspecified atom stereocenters. The lowest BCUT2D eigenvalue weighted by Crippen LogP contribution is -2.18. The summed E-state index contributed by atoms with van der Waals surface area (Å²) in [6.07, 6.45) is 2.86. The third-order valence-corrected chi connectivity index (χ3v) is 4.09. The number of hydrogen-bond donors (Lipinski definition) is 1. The lowest BCUT2D eigenvalue weighted by Gasteiger charge is -2.25. The van der Waals surface area contributed by atoms with Crippen LogP contribution in [0.5, 0.6) is 5.75 Å². The van der Waals surface area contributed by atoms with E-state index in [4.69, 9.17) is 9.84 Å². The van der Waals surface area contributed by atoms with Gasteiger partial charge in [0.1, 0.15) is 17.4 Å². The minimum absolute atomic E-state index is 0.136. The number of ether oxygens (including phenoxy) is 1. The Kier molecular flexibility index (Phi) is 3.36. The number of carbonyl (C=O) groups is 1. The van der Waals surface area contributed by atoms with Gasteiger partial charge in [-0.15, -0.1) is 0 Å². The SMILES string of the molecule is O=C(O)CC(c1c(F)cc(F)c2c1OCCC2)C1CC1. The van der Waals surface area contributed by atoms with Crippen LogP contribution in [0.3, 0.4) is 0 Å². The van der Waals surface area contributed by atoms with Crippen molar-refractivity contribution in [2.45, 2.75) is 38.0 Å². The molecular weight excluding hydrogens is 266 g/mol. The maximum Gasteiger partial charge on any atom is 0.303 e. The van der Waals surface area contributed by atoms with Gasteiger partial charge in [0.05, 0.1) is 13.0 Å². The number of hydrogen-bond acceptors (Lipinski definition) is 2. The molecule has 0 aromatic heterocycles. The standard InChI is InChI=1S/C15H16F2O3/c16-11-7-12(17)14(15-9(11)2-1-5-20-15)10(6-13(18)19)8-3-4-8/h7-8,10H,1-6H2,(H,18,19). The van der Waals surface area contributed by atoms with Gasteiger partial charge in [-0.25, -0.2) is 8.78 Å². The smallest absolute Gasteiger partial charge is 0.303 e. The molecule has 0 spiro atoms. The van der Waals surface area contributed by atoms with Gasteiger partial charge in [0.2, 0.25) is 0 Å². The molecule has 1 fully saturated rings. The molecule has 1 saturated carbocycles. The van der Waals surface area contributed by atoms with Crippen molar-refractivity contribution in [3.05, 3.63) is 28.8 Å². The summed E-state index contributed by atoms with van der Waals surface area (Å²) in [5.41, 5.74) is 0.662. The Balaban J connectivity index is 2.08. The second-order valence-corrected chi connectivity index (χ2v) is 5.56. The van der Waals surface area contributed by atoms with Crippen LogP contribution >= 0.6 is 0 Å². The second-order valence-electron chi connectivity index (χ2n) is 5.56. The number of carboxylic acids is 1. The fourth-order valence-electron chi connectivity index (χ4n) is 3.01. The molecule has 1 aromatic rings. The second kappa shape index (κ2) is 5.04. The van der Waals surface area contributed by atoms with Gasteiger partial charge in [-0.2, -0.15) is 0 Å². The van der Waals surface area contributed by atoms with E-state index in [0.717, 1.165) is 18.9 Å². The van der Waals surface area contributed by atoms with Crippen LogP contribution in [-0.4, -0.2) is 17.7 Å². The molecule has 1 atom stereocenters. The number of halogens is 2. The highest BCUT2D eigenvalue weighted by atomic mass is 19.1. The third-order valence-electron chi connectivity index (χ3n) is 4.09. The minimum atomic E-state index is -0.963. The van der Waals surface area contributed by atoms with Crippen LogP contribution in [-0.2, 0) is 11.2 Å². The molecule has 1 N–H and O–H groups in total. The van der Waals surface area contributed by atoms with Crippen molar-refractivity contribution in [3.63, 3.8) is 0 Å². The van der Waals surface area contributed by atoms with Crippen molar-refractivity contribution < 1.29 is 23.4 Å². The van der Waals surface area contributed by atoms with Crippen LogP contribution in [0, 0.1) is 17.6 Å². The Morgan fingerprint density at radius 1 is 1.40 bits per heavy atom. The van der Waals surface area contributed by atoms with Crippen molar-refractivity contribution >= 4 is 5.97 Å². The maximum absolute atomic E-state index is 14.2. The quantitative estimate of drug-likeness (QED) is 0.922. The monoisotopic (exact) mass is 282 g/mol. The molecule has 1 aliphatic heterocycles. The fourth-order valence-corrected chi connectivity index (χ4v) is 3.01. The molecule has 20 heavy (non-hydrogen) atoms. The van der Waals surface area contributed by atoms with E-state index >= 15 is 0 Å². The molecular formula is C15H16F2O3. The zero-order chi connectivity index (χ0) is 14.3. The summed E-state index contributed by atoms with van der Waals surface area (Å²) >= 11 is 0. The lowest BCUT2D eigenvalue weighted by molar-refractivity contribution is -0.137. The number of carboxylic acid groups (broad SMARTS) is 1. The van der Waals surface area contributed by atoms with Gasteiger partial charge in [0.15, 0.2) is 0 Å². The van der Waals surface area contributed by atoms with Crippen LogP contribution in [0.1, 0.15) is 42.7 Å². The van der Waals surface area contributed by atoms with E-state index in [2.05, 4.69) is 0 Å². The first-order valence-electron chi connectivity index (χ1n) is 6.93. The van der Waals surface area contributed by atoms with E-state index in [-0.39, 0.29) is 23.7 Å². The molecule has 5 heteroatoms. The molecule has 1 aromatic carbocycles. The molecule has 108 valence electrons. The summed E-state index contributed by atoms with van der Waals surface area (Å²) in [6.45, 7) is 0.424. The summed E-state index contributed by atoms with van der Waals surface area (Å²) in [6, 6.07) is 0.875. The predicted octanol–water partition coefficient (Wildman–Crippen LogP) is 3.26. The number of fused-ring (bicyclic) bond motifs is 1. The van der Waals surface area contributed by atoms with Gasteiger partial charge in [0, 0.05) is 23.1 Å². The van der Waals surface area contributed by atoms with E-state index < -0.39 is 23.5 Å². The van der Waals surface area contributed by atoms with Gasteiger partial charge in [0.25, 0.3) is 0 Å². The fraction of sp³-hybridized carbons (Fsp3) is 0.533. The van der Waals surface area contributed by atoms with Crippen LogP contribution in [0.4, 0.5) is 8.78 Å². The van der Waals surface area contributed by atoms with Crippen LogP contribution in [0.2, 0.25) is 0 Å². The van der Waals surface area contributed by atoms with Gasteiger partial charge in [-0.3, -0.25) is 4.79 Å². The van der Waals surface area contributed by atoms with Crippen LogP contribution < -0.4 is 4.74 Å². The maximum atomic E-state index is 14.2. The summed E-state index contributed by atoms with van der Waals surface area (Å²) in [5.74, 6) is -2.23. The molecule has 3 nitrogen and oxygen atoms in total. The van der Waals surface area contributed by atoms with Crippen molar-refractivity contribution in [2.24, 2.45) is 5.92 Å². The van der Waals surface area contributed by atoms with Crippen LogP contribution in [0.25, 0.3) is 0 Å². The molecule has 0 bridgehead atoms. The van der Waals surface area contributed by atoms with Gasteiger partial charge >= 0.3 is 5.97 Å². The van der Waals surface area contributed by atoms with E-state index in [9.17, 15) is 13.6 Å². The van der Waals surface area contributed by atoms with E-state index in [1.54, 1.807) is 0 Å². The average Bonchev–Trinajstić information content (AvgIpc) is 3.21. The molecule has 1 heterocycles. The van der Waals surface area contributed by atoms with Crippen LogP contribution in [0.15, 0.2) is 6.07 Å². The van der Waals surface area contributed by atoms with E-state index in [0.29, 0.717) is 25.0 Å². The average molecular weight is 282 g/mol. The van der Waals surface area contributed by atoms with Gasteiger partial charge in [-0.05, 0) is 31.6 Å². The summed E-state index contributed by atoms with van der Waals surface area (Å²) in [5, 5.41) is 9.03. The highest BCUT2D eigenvalue weighted by molar-refractivity contribution is 5.68. The number of benzene rings is 1. The summed E-state index contributed by atoms with van der Waals surface area (Å²) in [4.78, 5) is 11.0. The molecule has 2 aliphatic rings. The van der Waals surface area contributed by atoms with Crippen molar-refractivity contribution in [1.82, 2.24) is 0 Å². The molecule has 3 rings (SSSR count). The first-order valence-corrected chi connectivity index (χ1v) is 6.93. The Hall–Kier alpha value is -1.65. The Labute approximate surface area is 115 Å². The highest BCUT2D eigenvalue weighted by Crippen LogP contribution is 2.49. The Morgan fingerprint density at radius 2 is 2.15 bits per heavy atom. The lowest BCUT2D eigenvalue weighted by atomic mass is 9.87. The molecule has 0 saturated heterocycles. The zero-order valence-electron chi connectivity index (χ0n) is 11.0. The first kappa shape index (κ1) is 13.3. The number of aliphatic carboxylic acids is 1. The zero-order valence-corrected chi connectivity index (χ0v) is 11.0. The van der Waals surface area contributed by atoms with Crippen molar-refractivity contribution in [1.29, 1.82) is 0 Å². The Morgan fingerprint density at radius 3 is 2.80 bits per heavy atom. The Bertz CT molecular complexity index is 553. The highest BCUT2D eigenvalue weighted by Gasteiger charge is 2.38. The minimum Gasteiger partial charge on any atom is -0.493 e. The normalized spacial score (nSPS) is 19.1. The van der Waals surface area contributed by atoms with Gasteiger partial charge < -0.3 is 9.84 Å². The topological polar surface area (TPSA) is 46.5 Å². The predicted molar refractivity (Wildman–Crippen MR) is 67.9 cm³/mol. The molecule has 0 amide bonds. The summed E-state index contributed by atoms with van der Waals surface area (Å²) in [7, 11) is 0. The van der Waals surface area contributed by atoms with Crippen molar-refractivity contribution in [3.8, 4) is 5.75 Å². The van der Waals surface area contributed by atoms with E-state index in [1.807, 2.05) is 0 Å². The van der Waals surface area contributed by atoms with Crippen molar-refractivity contribution in [2.75, 3.05) is 6.61 Å².